The monoisotopic (exact) mass is 343 g/mol. The maximum atomic E-state index is 11.8. The van der Waals surface area contributed by atoms with Crippen molar-refractivity contribution in [3.05, 3.63) is 76.5 Å². The van der Waals surface area contributed by atoms with Gasteiger partial charge in [0.25, 0.3) is 5.69 Å². The summed E-state index contributed by atoms with van der Waals surface area (Å²) in [5.41, 5.74) is 0.987. The van der Waals surface area contributed by atoms with E-state index in [0.29, 0.717) is 16.9 Å². The van der Waals surface area contributed by atoms with Gasteiger partial charge in [0, 0.05) is 12.1 Å². The molecule has 7 nitrogen and oxygen atoms in total. The van der Waals surface area contributed by atoms with Crippen molar-refractivity contribution >= 4 is 17.2 Å². The Kier molecular flexibility index (Phi) is 6.53. The quantitative estimate of drug-likeness (QED) is 0.183. The van der Waals surface area contributed by atoms with Gasteiger partial charge >= 0.3 is 5.97 Å². The fourth-order valence-corrected chi connectivity index (χ4v) is 1.98. The Morgan fingerprint density at radius 3 is 2.36 bits per heavy atom. The van der Waals surface area contributed by atoms with E-state index in [4.69, 9.17) is 14.2 Å². The van der Waals surface area contributed by atoms with E-state index in [1.165, 1.54) is 37.6 Å². The van der Waals surface area contributed by atoms with Crippen molar-refractivity contribution in [3.8, 4) is 5.75 Å². The second-order valence-corrected chi connectivity index (χ2v) is 4.86. The van der Waals surface area contributed by atoms with Crippen LogP contribution >= 0.6 is 0 Å². The van der Waals surface area contributed by atoms with E-state index in [1.54, 1.807) is 12.1 Å². The Morgan fingerprint density at radius 1 is 1.08 bits per heavy atom. The van der Waals surface area contributed by atoms with E-state index in [2.05, 4.69) is 0 Å². The summed E-state index contributed by atoms with van der Waals surface area (Å²) in [6, 6.07) is 14.8. The van der Waals surface area contributed by atoms with Crippen molar-refractivity contribution in [2.75, 3.05) is 20.3 Å². The van der Waals surface area contributed by atoms with E-state index >= 15 is 0 Å². The van der Waals surface area contributed by atoms with Crippen LogP contribution in [0.2, 0.25) is 0 Å². The number of methoxy groups -OCH3 is 1. The minimum Gasteiger partial charge on any atom is -0.497 e. The molecule has 0 aliphatic heterocycles. The molecule has 2 aromatic rings. The summed E-state index contributed by atoms with van der Waals surface area (Å²) in [4.78, 5) is 21.9. The number of ether oxygens (including phenoxy) is 3. The SMILES string of the molecule is COC(=O)/C(=C\OCCOc1ccc([N+](=O)[O-])cc1)c1ccccc1. The summed E-state index contributed by atoms with van der Waals surface area (Å²) in [6.45, 7) is 0.419. The van der Waals surface area contributed by atoms with Crippen LogP contribution in [0.25, 0.3) is 5.57 Å². The van der Waals surface area contributed by atoms with Gasteiger partial charge in [0.05, 0.1) is 18.3 Å². The highest BCUT2D eigenvalue weighted by molar-refractivity contribution is 6.16. The Balaban J connectivity index is 1.87. The molecule has 0 aliphatic rings. The summed E-state index contributed by atoms with van der Waals surface area (Å²) in [6.07, 6.45) is 1.33. The molecule has 0 saturated carbocycles. The summed E-state index contributed by atoms with van der Waals surface area (Å²) in [7, 11) is 1.30. The number of hydrogen-bond acceptors (Lipinski definition) is 6. The number of nitrogens with zero attached hydrogens (tertiary/aromatic N) is 1. The first-order valence-electron chi connectivity index (χ1n) is 7.44. The molecule has 25 heavy (non-hydrogen) atoms. The van der Waals surface area contributed by atoms with E-state index in [9.17, 15) is 14.9 Å². The Hall–Kier alpha value is -3.35. The summed E-state index contributed by atoms with van der Waals surface area (Å²) in [5, 5.41) is 10.6. The molecule has 0 atom stereocenters. The highest BCUT2D eigenvalue weighted by Crippen LogP contribution is 2.18. The predicted molar refractivity (Wildman–Crippen MR) is 91.0 cm³/mol. The maximum absolute atomic E-state index is 11.8. The molecule has 0 radical (unpaired) electrons. The fourth-order valence-electron chi connectivity index (χ4n) is 1.98. The molecule has 0 fully saturated rings. The van der Waals surface area contributed by atoms with Gasteiger partial charge in [0.15, 0.2) is 0 Å². The molecule has 0 bridgehead atoms. The van der Waals surface area contributed by atoms with Crippen molar-refractivity contribution in [1.29, 1.82) is 0 Å². The molecule has 0 amide bonds. The van der Waals surface area contributed by atoms with E-state index < -0.39 is 10.9 Å². The van der Waals surface area contributed by atoms with Crippen LogP contribution in [0.15, 0.2) is 60.9 Å². The minimum absolute atomic E-state index is 0.00267. The smallest absolute Gasteiger partial charge is 0.341 e. The molecule has 0 spiro atoms. The summed E-state index contributed by atoms with van der Waals surface area (Å²) >= 11 is 0. The first-order chi connectivity index (χ1) is 12.1. The van der Waals surface area contributed by atoms with Crippen molar-refractivity contribution in [3.63, 3.8) is 0 Å². The van der Waals surface area contributed by atoms with Gasteiger partial charge in [0.2, 0.25) is 0 Å². The number of rotatable bonds is 8. The Bertz CT molecular complexity index is 740. The normalized spacial score (nSPS) is 10.8. The largest absolute Gasteiger partial charge is 0.497 e. The van der Waals surface area contributed by atoms with Gasteiger partial charge in [-0.25, -0.2) is 4.79 Å². The lowest BCUT2D eigenvalue weighted by Gasteiger charge is -2.08. The van der Waals surface area contributed by atoms with E-state index in [0.717, 1.165) is 0 Å². The number of carbonyl (C=O) groups excluding carboxylic acids is 1. The van der Waals surface area contributed by atoms with Gasteiger partial charge < -0.3 is 14.2 Å². The van der Waals surface area contributed by atoms with Crippen molar-refractivity contribution in [2.24, 2.45) is 0 Å². The molecule has 0 aliphatic carbocycles. The Morgan fingerprint density at radius 2 is 1.76 bits per heavy atom. The molecule has 7 heteroatoms. The molecular weight excluding hydrogens is 326 g/mol. The van der Waals surface area contributed by atoms with Crippen LogP contribution in [0.5, 0.6) is 5.75 Å². The highest BCUT2D eigenvalue weighted by Gasteiger charge is 2.12. The number of benzene rings is 2. The van der Waals surface area contributed by atoms with Gasteiger partial charge in [-0.05, 0) is 17.7 Å². The molecule has 130 valence electrons. The molecule has 0 heterocycles. The van der Waals surface area contributed by atoms with Gasteiger partial charge in [0.1, 0.15) is 24.5 Å². The second-order valence-electron chi connectivity index (χ2n) is 4.86. The molecule has 0 N–H and O–H groups in total. The van der Waals surface area contributed by atoms with Crippen LogP contribution in [0, 0.1) is 10.1 Å². The van der Waals surface area contributed by atoms with E-state index in [1.807, 2.05) is 18.2 Å². The zero-order valence-corrected chi connectivity index (χ0v) is 13.6. The first-order valence-corrected chi connectivity index (χ1v) is 7.44. The molecule has 0 unspecified atom stereocenters. The predicted octanol–water partition coefficient (Wildman–Crippen LogP) is 3.20. The third-order valence-corrected chi connectivity index (χ3v) is 3.21. The lowest BCUT2D eigenvalue weighted by Crippen LogP contribution is -2.07. The van der Waals surface area contributed by atoms with Crippen LogP contribution in [0.4, 0.5) is 5.69 Å². The van der Waals surface area contributed by atoms with Crippen LogP contribution in [0.1, 0.15) is 5.56 Å². The summed E-state index contributed by atoms with van der Waals surface area (Å²) in [5.74, 6) is -0.00285. The number of esters is 1. The van der Waals surface area contributed by atoms with Crippen molar-refractivity contribution in [2.45, 2.75) is 0 Å². The topological polar surface area (TPSA) is 87.9 Å². The standard InChI is InChI=1S/C18H17NO6/c1-23-18(20)17(14-5-3-2-4-6-14)13-24-11-12-25-16-9-7-15(8-10-16)19(21)22/h2-10,13H,11-12H2,1H3/b17-13-. The molecule has 2 rings (SSSR count). The van der Waals surface area contributed by atoms with Crippen LogP contribution < -0.4 is 4.74 Å². The fraction of sp³-hybridized carbons (Fsp3) is 0.167. The number of nitro groups is 1. The van der Waals surface area contributed by atoms with Crippen LogP contribution in [-0.4, -0.2) is 31.2 Å². The zero-order valence-electron chi connectivity index (χ0n) is 13.6. The molecule has 0 aromatic heterocycles. The van der Waals surface area contributed by atoms with Crippen molar-refractivity contribution in [1.82, 2.24) is 0 Å². The summed E-state index contributed by atoms with van der Waals surface area (Å²) < 4.78 is 15.5. The molecule has 2 aromatic carbocycles. The van der Waals surface area contributed by atoms with Crippen LogP contribution in [0.3, 0.4) is 0 Å². The third-order valence-electron chi connectivity index (χ3n) is 3.21. The average molecular weight is 343 g/mol. The maximum Gasteiger partial charge on any atom is 0.341 e. The average Bonchev–Trinajstić information content (AvgIpc) is 2.65. The first kappa shape index (κ1) is 18.0. The number of non-ortho nitro benzene ring substituents is 1. The minimum atomic E-state index is -0.498. The van der Waals surface area contributed by atoms with Crippen LogP contribution in [-0.2, 0) is 14.3 Å². The zero-order chi connectivity index (χ0) is 18.1. The molecule has 0 saturated heterocycles. The number of nitro benzene ring substituents is 1. The highest BCUT2D eigenvalue weighted by atomic mass is 16.6. The van der Waals surface area contributed by atoms with E-state index in [-0.39, 0.29) is 18.9 Å². The van der Waals surface area contributed by atoms with Gasteiger partial charge in [-0.3, -0.25) is 10.1 Å². The third kappa shape index (κ3) is 5.35. The van der Waals surface area contributed by atoms with Crippen molar-refractivity contribution < 1.29 is 23.9 Å². The lowest BCUT2D eigenvalue weighted by molar-refractivity contribution is -0.384. The van der Waals surface area contributed by atoms with Gasteiger partial charge in [-0.2, -0.15) is 0 Å². The van der Waals surface area contributed by atoms with Gasteiger partial charge in [-0.15, -0.1) is 0 Å². The Labute approximate surface area is 144 Å². The van der Waals surface area contributed by atoms with Gasteiger partial charge in [-0.1, -0.05) is 30.3 Å². The number of hydrogen-bond donors (Lipinski definition) is 0. The number of carbonyl (C=O) groups is 1. The second kappa shape index (κ2) is 9.07. The lowest BCUT2D eigenvalue weighted by atomic mass is 10.1. The molecular formula is C18H17NO6.